The first-order chi connectivity index (χ1) is 25.5. The van der Waals surface area contributed by atoms with Crippen LogP contribution in [0.3, 0.4) is 0 Å². The number of fused-ring (bicyclic) bond motifs is 5. The van der Waals surface area contributed by atoms with Crippen LogP contribution in [-0.4, -0.2) is 125 Å². The van der Waals surface area contributed by atoms with Gasteiger partial charge in [0.15, 0.2) is 0 Å². The molecule has 4 N–H and O–H groups in total. The fourth-order valence-corrected chi connectivity index (χ4v) is 13.5. The van der Waals surface area contributed by atoms with E-state index in [-0.39, 0.29) is 6.09 Å². The monoisotopic (exact) mass is 741 g/mol. The van der Waals surface area contributed by atoms with Gasteiger partial charge in [-0.25, -0.2) is 9.78 Å². The lowest BCUT2D eigenvalue weighted by atomic mass is 9.35. The second-order valence-corrected chi connectivity index (χ2v) is 21.4. The van der Waals surface area contributed by atoms with E-state index in [2.05, 4.69) is 87.2 Å². The number of nitrogens with two attached hydrogens (primary N) is 1. The molecule has 0 radical (unpaired) electrons. The molecule has 10 nitrogen and oxygen atoms in total. The van der Waals surface area contributed by atoms with Crippen LogP contribution in [-0.2, 0) is 4.74 Å². The summed E-state index contributed by atoms with van der Waals surface area (Å²) in [5, 5.41) is 8.97. The van der Waals surface area contributed by atoms with E-state index in [4.69, 9.17) is 10.5 Å². The zero-order valence-corrected chi connectivity index (χ0v) is 34.3. The second-order valence-electron chi connectivity index (χ2n) is 21.4. The summed E-state index contributed by atoms with van der Waals surface area (Å²) in [5.41, 5.74) is 8.92. The first-order valence-electron chi connectivity index (χ1n) is 21.4. The number of carbonyl (C=O) groups excluding carboxylic acids is 1. The number of nitrogens with one attached hydrogen (secondary N) is 2. The summed E-state index contributed by atoms with van der Waals surface area (Å²) in [7, 11) is 0. The van der Waals surface area contributed by atoms with Crippen molar-refractivity contribution in [3.8, 4) is 0 Å². The van der Waals surface area contributed by atoms with Crippen molar-refractivity contribution in [2.24, 2.45) is 21.7 Å². The van der Waals surface area contributed by atoms with Crippen LogP contribution in [0.1, 0.15) is 99.8 Å². The molecule has 1 amide bonds. The van der Waals surface area contributed by atoms with Crippen molar-refractivity contribution in [2.75, 3.05) is 63.4 Å². The number of anilines is 2. The SMILES string of the molecule is CC(C)N1C[C@@H]2C[C@H]1CN2CC12CC(CNC(=O)OC(C)(C)C)(C1)C2.CC(C)N1C[C@@H]2C[C@H]1CN2CC12CC(CNc3cccc4c(N)nccc34)(C1)C2. The van der Waals surface area contributed by atoms with Gasteiger partial charge in [-0.2, -0.15) is 0 Å². The summed E-state index contributed by atoms with van der Waals surface area (Å²) in [6.45, 7) is 24.7. The Morgan fingerprint density at radius 1 is 0.778 bits per heavy atom. The lowest BCUT2D eigenvalue weighted by molar-refractivity contribution is -0.211. The van der Waals surface area contributed by atoms with E-state index < -0.39 is 5.60 Å². The molecule has 4 saturated heterocycles. The Kier molecular flexibility index (Phi) is 8.85. The standard InChI is InChI=1S/C24H33N5.C20H35N3O2/c1-16(2)29-10-17-8-18(29)9-28(17)15-24-11-23(12-24,13-24)14-27-21-5-3-4-20-19(21)6-7-26-22(20)25;1-14(2)23-8-15-6-16(23)7-22(15)13-20-9-19(10-20,11-20)12-21-17(24)25-18(3,4)5/h3-7,16-18,27H,8-15H2,1-2H3,(H2,25,26);14-16H,6-13H2,1-5H3,(H,21,24)/t17-,18-,23?,24?;15-,16-,19?,20?/m00/s1. The molecule has 10 aliphatic rings. The maximum Gasteiger partial charge on any atom is 0.407 e. The topological polar surface area (TPSA) is 102 Å². The molecule has 2 aromatic rings. The number of amides is 1. The van der Waals surface area contributed by atoms with Crippen LogP contribution >= 0.6 is 0 Å². The first kappa shape index (κ1) is 36.9. The van der Waals surface area contributed by atoms with Crippen LogP contribution in [0.25, 0.3) is 10.8 Å². The third-order valence-electron chi connectivity index (χ3n) is 15.2. The Labute approximate surface area is 324 Å². The lowest BCUT2D eigenvalue weighted by Crippen LogP contribution is -2.69. The van der Waals surface area contributed by atoms with Gasteiger partial charge >= 0.3 is 6.09 Å². The van der Waals surface area contributed by atoms with Gasteiger partial charge in [0.2, 0.25) is 0 Å². The third-order valence-corrected chi connectivity index (χ3v) is 15.2. The van der Waals surface area contributed by atoms with Gasteiger partial charge in [-0.1, -0.05) is 12.1 Å². The van der Waals surface area contributed by atoms with Gasteiger partial charge in [-0.3, -0.25) is 19.6 Å². The molecule has 10 heteroatoms. The van der Waals surface area contributed by atoms with Crippen molar-refractivity contribution in [1.29, 1.82) is 0 Å². The normalized spacial score (nSPS) is 37.8. The molecule has 8 bridgehead atoms. The number of ether oxygens (including phenoxy) is 1. The summed E-state index contributed by atoms with van der Waals surface area (Å²) in [6, 6.07) is 13.0. The second kappa shape index (κ2) is 12.9. The number of rotatable bonds is 11. The highest BCUT2D eigenvalue weighted by atomic mass is 16.6. The van der Waals surface area contributed by atoms with E-state index >= 15 is 0 Å². The van der Waals surface area contributed by atoms with E-state index in [0.717, 1.165) is 42.6 Å². The number of carbonyl (C=O) groups is 1. The molecule has 5 heterocycles. The highest BCUT2D eigenvalue weighted by Gasteiger charge is 2.69. The Morgan fingerprint density at radius 3 is 1.80 bits per heavy atom. The molecule has 10 fully saturated rings. The quantitative estimate of drug-likeness (QED) is 0.241. The Balaban J connectivity index is 0.000000144. The number of aromatic nitrogens is 1. The van der Waals surface area contributed by atoms with Crippen molar-refractivity contribution in [2.45, 2.75) is 142 Å². The van der Waals surface area contributed by atoms with Crippen LogP contribution in [0.2, 0.25) is 0 Å². The molecule has 12 rings (SSSR count). The summed E-state index contributed by atoms with van der Waals surface area (Å²) in [5.74, 6) is 0.617. The largest absolute Gasteiger partial charge is 0.444 e. The Morgan fingerprint density at radius 2 is 1.31 bits per heavy atom. The van der Waals surface area contributed by atoms with Gasteiger partial charge in [-0.05, 0) is 134 Å². The number of piperazine rings is 2. The highest BCUT2D eigenvalue weighted by molar-refractivity contribution is 5.99. The van der Waals surface area contributed by atoms with Crippen molar-refractivity contribution in [3.05, 3.63) is 30.5 Å². The minimum Gasteiger partial charge on any atom is -0.444 e. The third kappa shape index (κ3) is 6.58. The molecule has 296 valence electrons. The van der Waals surface area contributed by atoms with E-state index in [1.54, 1.807) is 0 Å². The molecule has 1 aromatic carbocycles. The summed E-state index contributed by atoms with van der Waals surface area (Å²) in [6.07, 6.45) is 12.4. The smallest absolute Gasteiger partial charge is 0.407 e. The number of alkyl carbamates (subject to hydrolysis) is 1. The summed E-state index contributed by atoms with van der Waals surface area (Å²) >= 11 is 0. The molecule has 6 aliphatic carbocycles. The minimum absolute atomic E-state index is 0.267. The van der Waals surface area contributed by atoms with Gasteiger partial charge < -0.3 is 21.1 Å². The number of nitrogens with zero attached hydrogens (tertiary/aromatic N) is 5. The molecule has 54 heavy (non-hydrogen) atoms. The Bertz CT molecular complexity index is 1710. The van der Waals surface area contributed by atoms with E-state index in [1.807, 2.05) is 27.0 Å². The number of hydrogen-bond donors (Lipinski definition) is 3. The van der Waals surface area contributed by atoms with Crippen molar-refractivity contribution in [3.63, 3.8) is 0 Å². The average molecular weight is 741 g/mol. The van der Waals surface area contributed by atoms with Crippen LogP contribution in [0.15, 0.2) is 30.5 Å². The fraction of sp³-hybridized carbons (Fsp3) is 0.773. The molecular formula is C44H68N8O2. The molecule has 4 aliphatic heterocycles. The van der Waals surface area contributed by atoms with Gasteiger partial charge in [0.25, 0.3) is 0 Å². The van der Waals surface area contributed by atoms with Crippen molar-refractivity contribution >= 4 is 28.4 Å². The molecule has 0 unspecified atom stereocenters. The predicted molar refractivity (Wildman–Crippen MR) is 218 cm³/mol. The zero-order chi connectivity index (χ0) is 37.8. The number of benzene rings is 1. The van der Waals surface area contributed by atoms with E-state index in [1.165, 1.54) is 102 Å². The first-order valence-corrected chi connectivity index (χ1v) is 21.4. The van der Waals surface area contributed by atoms with E-state index in [9.17, 15) is 4.79 Å². The van der Waals surface area contributed by atoms with Crippen LogP contribution < -0.4 is 16.4 Å². The van der Waals surface area contributed by atoms with Gasteiger partial charge in [0.05, 0.1) is 0 Å². The van der Waals surface area contributed by atoms with Crippen molar-refractivity contribution < 1.29 is 9.53 Å². The zero-order valence-electron chi connectivity index (χ0n) is 34.3. The van der Waals surface area contributed by atoms with Crippen LogP contribution in [0.4, 0.5) is 16.3 Å². The van der Waals surface area contributed by atoms with Gasteiger partial charge in [-0.15, -0.1) is 0 Å². The fourth-order valence-electron chi connectivity index (χ4n) is 13.5. The maximum absolute atomic E-state index is 11.8. The van der Waals surface area contributed by atoms with Gasteiger partial charge in [0, 0.05) is 111 Å². The molecule has 6 saturated carbocycles. The number of pyridine rings is 1. The van der Waals surface area contributed by atoms with Crippen molar-refractivity contribution in [1.82, 2.24) is 29.9 Å². The number of hydrogen-bond acceptors (Lipinski definition) is 9. The van der Waals surface area contributed by atoms with E-state index in [0.29, 0.717) is 39.6 Å². The number of nitrogen functional groups attached to an aromatic ring is 1. The van der Waals surface area contributed by atoms with Crippen LogP contribution in [0, 0.1) is 21.7 Å². The summed E-state index contributed by atoms with van der Waals surface area (Å²) < 4.78 is 5.35. The lowest BCUT2D eigenvalue weighted by Gasteiger charge is -2.72. The Hall–Kier alpha value is -2.66. The molecule has 1 aromatic heterocycles. The highest BCUT2D eigenvalue weighted by Crippen LogP contribution is 2.74. The maximum atomic E-state index is 11.8. The van der Waals surface area contributed by atoms with Crippen LogP contribution in [0.5, 0.6) is 0 Å². The van der Waals surface area contributed by atoms with Gasteiger partial charge in [0.1, 0.15) is 11.4 Å². The molecule has 4 atom stereocenters. The number of likely N-dealkylation sites (tertiary alicyclic amines) is 4. The molecular weight excluding hydrogens is 673 g/mol. The summed E-state index contributed by atoms with van der Waals surface area (Å²) in [4.78, 5) is 27.1. The minimum atomic E-state index is -0.413. The predicted octanol–water partition coefficient (Wildman–Crippen LogP) is 6.41. The molecule has 0 spiro atoms. The average Bonchev–Trinajstić information content (AvgIpc) is 3.83.